The smallest absolute Gasteiger partial charge is 0.175 e. The number of halogens is 2. The average Bonchev–Trinajstić information content (AvgIpc) is 2.39. The second-order valence-electron chi connectivity index (χ2n) is 3.85. The first-order chi connectivity index (χ1) is 9.08. The van der Waals surface area contributed by atoms with Crippen LogP contribution in [0.15, 0.2) is 53.4 Å². The SMILES string of the molecule is O=C(CS(=O)c1ccccc1Cl)c1ccc(Cl)cc1. The van der Waals surface area contributed by atoms with Crippen molar-refractivity contribution < 1.29 is 9.00 Å². The van der Waals surface area contributed by atoms with Crippen molar-refractivity contribution >= 4 is 39.8 Å². The zero-order chi connectivity index (χ0) is 13.8. The molecule has 0 amide bonds. The van der Waals surface area contributed by atoms with E-state index in [4.69, 9.17) is 23.2 Å². The summed E-state index contributed by atoms with van der Waals surface area (Å²) in [5, 5.41) is 0.966. The first-order valence-corrected chi connectivity index (χ1v) is 7.57. The Labute approximate surface area is 123 Å². The van der Waals surface area contributed by atoms with Gasteiger partial charge in [-0.25, -0.2) is 0 Å². The average molecular weight is 313 g/mol. The van der Waals surface area contributed by atoms with Gasteiger partial charge in [0.15, 0.2) is 5.78 Å². The first-order valence-electron chi connectivity index (χ1n) is 5.49. The number of hydrogen-bond acceptors (Lipinski definition) is 2. The second-order valence-corrected chi connectivity index (χ2v) is 6.11. The van der Waals surface area contributed by atoms with Gasteiger partial charge in [-0.2, -0.15) is 0 Å². The maximum absolute atomic E-state index is 12.1. The summed E-state index contributed by atoms with van der Waals surface area (Å²) < 4.78 is 12.1. The van der Waals surface area contributed by atoms with E-state index in [0.29, 0.717) is 20.5 Å². The Morgan fingerprint density at radius 2 is 1.63 bits per heavy atom. The highest BCUT2D eigenvalue weighted by Gasteiger charge is 2.14. The Morgan fingerprint density at radius 1 is 1.00 bits per heavy atom. The highest BCUT2D eigenvalue weighted by Crippen LogP contribution is 2.20. The van der Waals surface area contributed by atoms with Crippen molar-refractivity contribution in [3.8, 4) is 0 Å². The molecule has 2 aromatic carbocycles. The molecule has 1 atom stereocenters. The third-order valence-electron chi connectivity index (χ3n) is 2.51. The highest BCUT2D eigenvalue weighted by atomic mass is 35.5. The van der Waals surface area contributed by atoms with Gasteiger partial charge in [-0.3, -0.25) is 9.00 Å². The molecule has 2 nitrogen and oxygen atoms in total. The van der Waals surface area contributed by atoms with Gasteiger partial charge < -0.3 is 0 Å². The normalized spacial score (nSPS) is 12.1. The molecular formula is C14H10Cl2O2S. The molecule has 0 aromatic heterocycles. The van der Waals surface area contributed by atoms with Crippen LogP contribution in [0.1, 0.15) is 10.4 Å². The standard InChI is InChI=1S/C14H10Cl2O2S/c15-11-7-5-10(6-8-11)13(17)9-19(18)14-4-2-1-3-12(14)16/h1-8H,9H2. The van der Waals surface area contributed by atoms with Crippen molar-refractivity contribution in [2.45, 2.75) is 4.90 Å². The summed E-state index contributed by atoms with van der Waals surface area (Å²) in [5.41, 5.74) is 0.491. The van der Waals surface area contributed by atoms with Crippen molar-refractivity contribution in [3.05, 3.63) is 64.1 Å². The fourth-order valence-electron chi connectivity index (χ4n) is 1.55. The third kappa shape index (κ3) is 3.66. The molecule has 5 heteroatoms. The van der Waals surface area contributed by atoms with Crippen LogP contribution in [-0.2, 0) is 10.8 Å². The molecule has 0 fully saturated rings. The Kier molecular flexibility index (Phi) is 4.75. The molecule has 98 valence electrons. The molecule has 2 rings (SSSR count). The third-order valence-corrected chi connectivity index (χ3v) is 4.57. The first kappa shape index (κ1) is 14.3. The molecule has 0 N–H and O–H groups in total. The summed E-state index contributed by atoms with van der Waals surface area (Å²) in [7, 11) is -1.45. The monoisotopic (exact) mass is 312 g/mol. The van der Waals surface area contributed by atoms with E-state index in [1.54, 1.807) is 48.5 Å². The van der Waals surface area contributed by atoms with Crippen LogP contribution in [-0.4, -0.2) is 15.7 Å². The van der Waals surface area contributed by atoms with Gasteiger partial charge in [-0.1, -0.05) is 35.3 Å². The van der Waals surface area contributed by atoms with Crippen molar-refractivity contribution in [2.75, 3.05) is 5.75 Å². The summed E-state index contributed by atoms with van der Waals surface area (Å²) >= 11 is 11.7. The van der Waals surface area contributed by atoms with Crippen LogP contribution in [0, 0.1) is 0 Å². The van der Waals surface area contributed by atoms with Gasteiger partial charge >= 0.3 is 0 Å². The zero-order valence-corrected chi connectivity index (χ0v) is 12.1. The van der Waals surface area contributed by atoms with Crippen LogP contribution in [0.25, 0.3) is 0 Å². The number of hydrogen-bond donors (Lipinski definition) is 0. The Balaban J connectivity index is 2.13. The molecule has 0 saturated heterocycles. The molecule has 0 saturated carbocycles. The molecule has 0 aliphatic carbocycles. The van der Waals surface area contributed by atoms with Crippen molar-refractivity contribution in [1.29, 1.82) is 0 Å². The number of carbonyl (C=O) groups excluding carboxylic acids is 1. The van der Waals surface area contributed by atoms with E-state index >= 15 is 0 Å². The van der Waals surface area contributed by atoms with Crippen molar-refractivity contribution in [3.63, 3.8) is 0 Å². The van der Waals surface area contributed by atoms with Crippen molar-refractivity contribution in [1.82, 2.24) is 0 Å². The molecule has 1 unspecified atom stereocenters. The fraction of sp³-hybridized carbons (Fsp3) is 0.0714. The van der Waals surface area contributed by atoms with Crippen LogP contribution in [0.4, 0.5) is 0 Å². The number of carbonyl (C=O) groups is 1. The van der Waals surface area contributed by atoms with E-state index in [1.807, 2.05) is 0 Å². The predicted octanol–water partition coefficient (Wildman–Crippen LogP) is 3.98. The lowest BCUT2D eigenvalue weighted by atomic mass is 10.1. The largest absolute Gasteiger partial charge is 0.293 e. The van der Waals surface area contributed by atoms with Gasteiger partial charge in [-0.15, -0.1) is 0 Å². The van der Waals surface area contributed by atoms with E-state index in [1.165, 1.54) is 0 Å². The van der Waals surface area contributed by atoms with Crippen LogP contribution < -0.4 is 0 Å². The molecule has 0 radical (unpaired) electrons. The second kappa shape index (κ2) is 6.33. The predicted molar refractivity (Wildman–Crippen MR) is 78.5 cm³/mol. The van der Waals surface area contributed by atoms with E-state index in [2.05, 4.69) is 0 Å². The topological polar surface area (TPSA) is 34.1 Å². The van der Waals surface area contributed by atoms with Crippen LogP contribution in [0.3, 0.4) is 0 Å². The molecular weight excluding hydrogens is 303 g/mol. The van der Waals surface area contributed by atoms with Gasteiger partial charge in [0.2, 0.25) is 0 Å². The summed E-state index contributed by atoms with van der Waals surface area (Å²) in [5.74, 6) is -0.291. The maximum Gasteiger partial charge on any atom is 0.175 e. The van der Waals surface area contributed by atoms with Crippen LogP contribution in [0.2, 0.25) is 10.0 Å². The van der Waals surface area contributed by atoms with E-state index < -0.39 is 10.8 Å². The summed E-state index contributed by atoms with van der Waals surface area (Å²) in [4.78, 5) is 12.5. The molecule has 0 bridgehead atoms. The Hall–Kier alpha value is -1.16. The van der Waals surface area contributed by atoms with Gasteiger partial charge in [0.25, 0.3) is 0 Å². The van der Waals surface area contributed by atoms with Crippen molar-refractivity contribution in [2.24, 2.45) is 0 Å². The molecule has 0 spiro atoms. The summed E-state index contributed by atoms with van der Waals surface area (Å²) in [6, 6.07) is 13.3. The molecule has 19 heavy (non-hydrogen) atoms. The minimum atomic E-state index is -1.45. The minimum Gasteiger partial charge on any atom is -0.293 e. The Morgan fingerprint density at radius 3 is 2.26 bits per heavy atom. The van der Waals surface area contributed by atoms with Gasteiger partial charge in [0, 0.05) is 10.6 Å². The number of Topliss-reactive ketones (excluding diaryl/α,β-unsaturated/α-hetero) is 1. The van der Waals surface area contributed by atoms with Gasteiger partial charge in [0.1, 0.15) is 0 Å². The van der Waals surface area contributed by atoms with Gasteiger partial charge in [-0.05, 0) is 36.4 Å². The number of benzene rings is 2. The highest BCUT2D eigenvalue weighted by molar-refractivity contribution is 7.86. The number of rotatable bonds is 4. The van der Waals surface area contributed by atoms with E-state index in [9.17, 15) is 9.00 Å². The molecule has 0 heterocycles. The number of ketones is 1. The lowest BCUT2D eigenvalue weighted by Gasteiger charge is -2.04. The zero-order valence-electron chi connectivity index (χ0n) is 9.81. The molecule has 0 aliphatic rings. The van der Waals surface area contributed by atoms with Crippen LogP contribution >= 0.6 is 23.2 Å². The molecule has 2 aromatic rings. The quantitative estimate of drug-likeness (QED) is 0.800. The molecule has 0 aliphatic heterocycles. The summed E-state index contributed by atoms with van der Waals surface area (Å²) in [6.45, 7) is 0. The lowest BCUT2D eigenvalue weighted by molar-refractivity contribution is 0.102. The minimum absolute atomic E-state index is 0.0919. The fourth-order valence-corrected chi connectivity index (χ4v) is 3.14. The van der Waals surface area contributed by atoms with E-state index in [0.717, 1.165) is 0 Å². The summed E-state index contributed by atoms with van der Waals surface area (Å²) in [6.07, 6.45) is 0. The maximum atomic E-state index is 12.1. The van der Waals surface area contributed by atoms with Gasteiger partial charge in [0.05, 0.1) is 26.5 Å². The van der Waals surface area contributed by atoms with E-state index in [-0.39, 0.29) is 11.5 Å². The Bertz CT molecular complexity index is 624. The lowest BCUT2D eigenvalue weighted by Crippen LogP contribution is -2.11. The van der Waals surface area contributed by atoms with Crippen LogP contribution in [0.5, 0.6) is 0 Å².